The summed E-state index contributed by atoms with van der Waals surface area (Å²) in [6, 6.07) is 9.09. The Balaban J connectivity index is 2.38. The maximum absolute atomic E-state index is 12.2. The molecular weight excluding hydrogens is 630 g/mol. The second-order valence-electron chi connectivity index (χ2n) is 10.0. The number of carbonyl (C=O) groups excluding carboxylic acids is 2. The number of hydrogen-bond donors (Lipinski definition) is 3. The Labute approximate surface area is 282 Å². The van der Waals surface area contributed by atoms with Crippen molar-refractivity contribution in [3.63, 3.8) is 0 Å². The topological polar surface area (TPSA) is 191 Å². The van der Waals surface area contributed by atoms with Crippen LogP contribution in [-0.4, -0.2) is 105 Å². The van der Waals surface area contributed by atoms with Gasteiger partial charge in [-0.3, -0.25) is 0 Å². The molecule has 15 heteroatoms. The minimum absolute atomic E-state index is 0.0341. The van der Waals surface area contributed by atoms with Crippen LogP contribution in [-0.2, 0) is 49.2 Å². The van der Waals surface area contributed by atoms with Crippen LogP contribution in [0.3, 0.4) is 0 Å². The van der Waals surface area contributed by atoms with Crippen molar-refractivity contribution in [2.75, 3.05) is 92.5 Å². The molecule has 15 nitrogen and oxygen atoms in total. The first-order valence-corrected chi connectivity index (χ1v) is 15.4. The summed E-state index contributed by atoms with van der Waals surface area (Å²) >= 11 is 0. The summed E-state index contributed by atoms with van der Waals surface area (Å²) < 4.78 is 54.8. The molecule has 0 aliphatic carbocycles. The van der Waals surface area contributed by atoms with Gasteiger partial charge in [0.15, 0.2) is 0 Å². The second-order valence-corrected chi connectivity index (χ2v) is 10.0. The molecule has 0 aliphatic heterocycles. The number of ether oxygens (including phenoxy) is 10. The first-order valence-electron chi connectivity index (χ1n) is 15.4. The van der Waals surface area contributed by atoms with Gasteiger partial charge in [-0.2, -0.15) is 0 Å². The summed E-state index contributed by atoms with van der Waals surface area (Å²) in [6.07, 6.45) is 3.92. The van der Waals surface area contributed by atoms with E-state index in [4.69, 9.17) is 58.8 Å². The van der Waals surface area contributed by atoms with Gasteiger partial charge < -0.3 is 64.2 Å². The lowest BCUT2D eigenvalue weighted by atomic mass is 9.92. The number of nitrogens with one attached hydrogen (secondary N) is 1. The molecule has 1 aromatic carbocycles. The van der Waals surface area contributed by atoms with E-state index in [1.807, 2.05) is 13.8 Å². The lowest BCUT2D eigenvalue weighted by Crippen LogP contribution is -2.42. The van der Waals surface area contributed by atoms with Crippen LogP contribution in [0.15, 0.2) is 30.4 Å². The summed E-state index contributed by atoms with van der Waals surface area (Å²) in [5.74, 6) is 0.232. The third-order valence-corrected chi connectivity index (χ3v) is 5.89. The minimum atomic E-state index is -0.639. The maximum atomic E-state index is 12.2. The van der Waals surface area contributed by atoms with Gasteiger partial charge >= 0.3 is 12.1 Å². The molecular formula is C33H49N3O12. The molecule has 0 saturated carbocycles. The Morgan fingerprint density at radius 2 is 1.17 bits per heavy atom. The first-order chi connectivity index (χ1) is 23.3. The Bertz CT molecular complexity index is 1160. The van der Waals surface area contributed by atoms with Gasteiger partial charge in [0.05, 0.1) is 71.5 Å². The molecule has 0 saturated heterocycles. The fraction of sp³-hybridized carbons (Fsp3) is 0.576. The van der Waals surface area contributed by atoms with E-state index in [2.05, 4.69) is 36.2 Å². The molecule has 0 bridgehead atoms. The first kappa shape index (κ1) is 41.8. The largest absolute Gasteiger partial charge is 0.460 e. The lowest BCUT2D eigenvalue weighted by Gasteiger charge is -2.32. The Morgan fingerprint density at radius 3 is 1.65 bits per heavy atom. The van der Waals surface area contributed by atoms with Crippen molar-refractivity contribution in [3.8, 4) is 35.8 Å². The van der Waals surface area contributed by atoms with E-state index in [-0.39, 0.29) is 39.6 Å². The SMILES string of the molecule is C=C(C)C(=O)OCCOCCOCC(COCC)(COCC)COCCOCCOC(=O)NCc1cc(OC#CN)cc(OC#CN)c1. The van der Waals surface area contributed by atoms with Crippen LogP contribution in [0, 0.1) is 29.7 Å². The molecule has 0 unspecified atom stereocenters. The zero-order valence-corrected chi connectivity index (χ0v) is 28.1. The average Bonchev–Trinajstić information content (AvgIpc) is 3.08. The summed E-state index contributed by atoms with van der Waals surface area (Å²) in [5.41, 5.74) is 10.7. The van der Waals surface area contributed by atoms with Gasteiger partial charge in [0, 0.05) is 43.5 Å². The molecule has 1 aromatic rings. The summed E-state index contributed by atoms with van der Waals surface area (Å²) in [6.45, 7) is 13.3. The third-order valence-electron chi connectivity index (χ3n) is 5.89. The highest BCUT2D eigenvalue weighted by atomic mass is 16.6. The zero-order chi connectivity index (χ0) is 35.3. The van der Waals surface area contributed by atoms with Gasteiger partial charge in [-0.25, -0.2) is 9.59 Å². The van der Waals surface area contributed by atoms with Crippen LogP contribution in [0.5, 0.6) is 11.5 Å². The quantitative estimate of drug-likeness (QED) is 0.0400. The van der Waals surface area contributed by atoms with Crippen molar-refractivity contribution < 1.29 is 57.0 Å². The third kappa shape index (κ3) is 20.1. The highest BCUT2D eigenvalue weighted by Crippen LogP contribution is 2.23. The number of alkyl carbamates (subject to hydrolysis) is 1. The van der Waals surface area contributed by atoms with Crippen molar-refractivity contribution in [2.24, 2.45) is 16.9 Å². The predicted octanol–water partition coefficient (Wildman–Crippen LogP) is 1.67. The van der Waals surface area contributed by atoms with Crippen LogP contribution in [0.4, 0.5) is 4.79 Å². The molecule has 0 aliphatic rings. The maximum Gasteiger partial charge on any atom is 0.407 e. The van der Waals surface area contributed by atoms with Gasteiger partial charge in [0.2, 0.25) is 0 Å². The standard InChI is InChI=1S/C33H49N3O12/c1-5-39-23-33(24-40-6-2,25-43-13-11-41-15-17-47-31(37)27(3)4)26-44-14-12-42-16-18-48-32(38)36-22-28-19-29(45-9-7-34)21-30(20-28)46-10-8-35/h19-21H,3,5-6,11-18,22-26,34-35H2,1-2,4H3,(H,36,38). The van der Waals surface area contributed by atoms with Crippen molar-refractivity contribution in [1.82, 2.24) is 5.32 Å². The monoisotopic (exact) mass is 679 g/mol. The Kier molecular flexibility index (Phi) is 23.3. The van der Waals surface area contributed by atoms with E-state index < -0.39 is 17.5 Å². The van der Waals surface area contributed by atoms with Gasteiger partial charge in [-0.15, -0.1) is 0 Å². The van der Waals surface area contributed by atoms with Crippen LogP contribution in [0.25, 0.3) is 0 Å². The average molecular weight is 680 g/mol. The molecule has 0 heterocycles. The summed E-state index contributed by atoms with van der Waals surface area (Å²) in [7, 11) is 0. The lowest BCUT2D eigenvalue weighted by molar-refractivity contribution is -0.140. The van der Waals surface area contributed by atoms with Crippen molar-refractivity contribution >= 4 is 12.1 Å². The highest BCUT2D eigenvalue weighted by Gasteiger charge is 2.32. The fourth-order valence-corrected chi connectivity index (χ4v) is 3.67. The Hall–Kier alpha value is -4.22. The van der Waals surface area contributed by atoms with E-state index in [1.165, 1.54) is 6.07 Å². The van der Waals surface area contributed by atoms with Crippen molar-refractivity contribution in [1.29, 1.82) is 0 Å². The minimum Gasteiger partial charge on any atom is -0.460 e. The molecule has 1 rings (SSSR count). The molecule has 0 fully saturated rings. The van der Waals surface area contributed by atoms with E-state index in [0.29, 0.717) is 82.1 Å². The second kappa shape index (κ2) is 26.8. The number of carbonyl (C=O) groups is 2. The van der Waals surface area contributed by atoms with Gasteiger partial charge in [0.1, 0.15) is 36.9 Å². The van der Waals surface area contributed by atoms with Crippen LogP contribution >= 0.6 is 0 Å². The van der Waals surface area contributed by atoms with Crippen LogP contribution in [0.2, 0.25) is 0 Å². The van der Waals surface area contributed by atoms with Crippen molar-refractivity contribution in [3.05, 3.63) is 35.9 Å². The molecule has 0 atom stereocenters. The highest BCUT2D eigenvalue weighted by molar-refractivity contribution is 5.86. The molecule has 268 valence electrons. The number of amides is 1. The molecule has 0 radical (unpaired) electrons. The number of hydrogen-bond acceptors (Lipinski definition) is 14. The van der Waals surface area contributed by atoms with Gasteiger partial charge in [0.25, 0.3) is 0 Å². The number of benzene rings is 1. The summed E-state index contributed by atoms with van der Waals surface area (Å²) in [5, 5.41) is 2.63. The van der Waals surface area contributed by atoms with Crippen molar-refractivity contribution in [2.45, 2.75) is 27.3 Å². The molecule has 0 spiro atoms. The van der Waals surface area contributed by atoms with Crippen LogP contribution in [0.1, 0.15) is 26.3 Å². The van der Waals surface area contributed by atoms with Gasteiger partial charge in [-0.1, -0.05) is 6.58 Å². The molecule has 1 amide bonds. The molecule has 48 heavy (non-hydrogen) atoms. The van der Waals surface area contributed by atoms with E-state index in [1.54, 1.807) is 19.1 Å². The van der Waals surface area contributed by atoms with Crippen LogP contribution < -0.4 is 26.3 Å². The normalized spacial score (nSPS) is 10.6. The van der Waals surface area contributed by atoms with Gasteiger partial charge in [-0.05, 0) is 38.5 Å². The predicted molar refractivity (Wildman–Crippen MR) is 174 cm³/mol. The number of esters is 1. The molecule has 5 N–H and O–H groups in total. The van der Waals surface area contributed by atoms with E-state index in [9.17, 15) is 9.59 Å². The fourth-order valence-electron chi connectivity index (χ4n) is 3.67. The zero-order valence-electron chi connectivity index (χ0n) is 28.1. The number of nitrogens with two attached hydrogens (primary N) is 2. The Morgan fingerprint density at radius 1 is 0.708 bits per heavy atom. The molecule has 0 aromatic heterocycles. The van der Waals surface area contributed by atoms with E-state index in [0.717, 1.165) is 0 Å². The smallest absolute Gasteiger partial charge is 0.407 e. The van der Waals surface area contributed by atoms with E-state index >= 15 is 0 Å². The summed E-state index contributed by atoms with van der Waals surface area (Å²) in [4.78, 5) is 23.6. The number of rotatable bonds is 27.